The molecular weight excluding hydrogens is 264 g/mol. The smallest absolute Gasteiger partial charge is 0.326 e. The van der Waals surface area contributed by atoms with E-state index in [2.05, 4.69) is 5.32 Å². The molecule has 0 aromatic rings. The molecule has 19 heavy (non-hydrogen) atoms. The van der Waals surface area contributed by atoms with E-state index in [0.29, 0.717) is 13.1 Å². The number of aliphatic carboxylic acids is 1. The molecule has 2 aliphatic rings. The Labute approximate surface area is 118 Å². The first-order valence-electron chi connectivity index (χ1n) is 7.04. The molecule has 0 radical (unpaired) electrons. The van der Waals surface area contributed by atoms with Crippen molar-refractivity contribution in [3.05, 3.63) is 0 Å². The lowest BCUT2D eigenvalue weighted by atomic mass is 9.84. The van der Waals surface area contributed by atoms with Gasteiger partial charge in [-0.2, -0.15) is 11.8 Å². The lowest BCUT2D eigenvalue weighted by Gasteiger charge is -2.32. The molecule has 5 nitrogen and oxygen atoms in total. The molecule has 2 amide bonds. The van der Waals surface area contributed by atoms with Gasteiger partial charge in [-0.05, 0) is 18.8 Å². The van der Waals surface area contributed by atoms with Crippen LogP contribution in [0.1, 0.15) is 32.1 Å². The van der Waals surface area contributed by atoms with Gasteiger partial charge < -0.3 is 15.3 Å². The van der Waals surface area contributed by atoms with Crippen LogP contribution in [0.15, 0.2) is 0 Å². The summed E-state index contributed by atoms with van der Waals surface area (Å²) in [5.41, 5.74) is 0. The number of amides is 2. The first-order chi connectivity index (χ1) is 9.18. The fraction of sp³-hybridized carbons (Fsp3) is 0.846. The number of nitrogens with one attached hydrogen (secondary N) is 1. The molecule has 1 aliphatic heterocycles. The number of carboxylic acid groups (broad SMARTS) is 1. The Bertz CT molecular complexity index is 326. The third-order valence-electron chi connectivity index (χ3n) is 3.96. The van der Waals surface area contributed by atoms with Gasteiger partial charge in [-0.3, -0.25) is 0 Å². The van der Waals surface area contributed by atoms with Crippen molar-refractivity contribution < 1.29 is 14.7 Å². The van der Waals surface area contributed by atoms with Crippen LogP contribution in [-0.4, -0.2) is 52.6 Å². The van der Waals surface area contributed by atoms with Gasteiger partial charge in [0, 0.05) is 24.6 Å². The lowest BCUT2D eigenvalue weighted by Crippen LogP contribution is -2.53. The molecule has 2 rings (SSSR count). The molecule has 2 N–H and O–H groups in total. The second-order valence-electron chi connectivity index (χ2n) is 5.26. The Morgan fingerprint density at radius 3 is 2.37 bits per heavy atom. The number of carbonyl (C=O) groups excluding carboxylic acids is 1. The summed E-state index contributed by atoms with van der Waals surface area (Å²) >= 11 is 1.83. The molecule has 1 saturated carbocycles. The monoisotopic (exact) mass is 286 g/mol. The summed E-state index contributed by atoms with van der Waals surface area (Å²) in [5.74, 6) is 1.07. The summed E-state index contributed by atoms with van der Waals surface area (Å²) in [6.07, 6.45) is 5.15. The van der Waals surface area contributed by atoms with Crippen molar-refractivity contribution in [2.45, 2.75) is 38.1 Å². The fourth-order valence-corrected chi connectivity index (χ4v) is 3.74. The van der Waals surface area contributed by atoms with Gasteiger partial charge in [-0.15, -0.1) is 0 Å². The number of hydrogen-bond acceptors (Lipinski definition) is 3. The molecule has 0 spiro atoms. The molecule has 1 unspecified atom stereocenters. The topological polar surface area (TPSA) is 69.6 Å². The van der Waals surface area contributed by atoms with Gasteiger partial charge in [0.1, 0.15) is 6.04 Å². The van der Waals surface area contributed by atoms with Crippen LogP contribution in [0.4, 0.5) is 4.79 Å². The number of hydrogen-bond donors (Lipinski definition) is 2. The van der Waals surface area contributed by atoms with Crippen LogP contribution in [0.2, 0.25) is 0 Å². The Balaban J connectivity index is 1.91. The third kappa shape index (κ3) is 4.03. The Hall–Kier alpha value is -0.910. The Morgan fingerprint density at radius 1 is 1.16 bits per heavy atom. The van der Waals surface area contributed by atoms with E-state index in [9.17, 15) is 14.7 Å². The SMILES string of the molecule is O=C(O)C(NC(=O)N1CCSCC1)C1CCCCC1. The van der Waals surface area contributed by atoms with E-state index < -0.39 is 12.0 Å². The Kier molecular flexibility index (Phi) is 5.36. The summed E-state index contributed by atoms with van der Waals surface area (Å²) in [4.78, 5) is 25.2. The van der Waals surface area contributed by atoms with Crippen molar-refractivity contribution in [2.75, 3.05) is 24.6 Å². The minimum Gasteiger partial charge on any atom is -0.480 e. The van der Waals surface area contributed by atoms with Crippen LogP contribution in [0.5, 0.6) is 0 Å². The Morgan fingerprint density at radius 2 is 1.79 bits per heavy atom. The van der Waals surface area contributed by atoms with Gasteiger partial charge in [0.2, 0.25) is 0 Å². The van der Waals surface area contributed by atoms with Crippen molar-refractivity contribution in [3.8, 4) is 0 Å². The van der Waals surface area contributed by atoms with E-state index in [1.807, 2.05) is 11.8 Å². The minimum atomic E-state index is -0.897. The zero-order valence-electron chi connectivity index (χ0n) is 11.1. The standard InChI is InChI=1S/C13H22N2O3S/c16-12(17)11(10-4-2-1-3-5-10)14-13(18)15-6-8-19-9-7-15/h10-11H,1-9H2,(H,14,18)(H,16,17). The van der Waals surface area contributed by atoms with Gasteiger partial charge in [0.15, 0.2) is 0 Å². The predicted molar refractivity (Wildman–Crippen MR) is 75.4 cm³/mol. The van der Waals surface area contributed by atoms with E-state index in [1.54, 1.807) is 4.90 Å². The van der Waals surface area contributed by atoms with Gasteiger partial charge >= 0.3 is 12.0 Å². The third-order valence-corrected chi connectivity index (χ3v) is 4.91. The molecule has 1 saturated heterocycles. The van der Waals surface area contributed by atoms with E-state index in [-0.39, 0.29) is 11.9 Å². The van der Waals surface area contributed by atoms with Gasteiger partial charge in [0.05, 0.1) is 0 Å². The van der Waals surface area contributed by atoms with Crippen LogP contribution in [-0.2, 0) is 4.79 Å². The number of nitrogens with zero attached hydrogens (tertiary/aromatic N) is 1. The molecule has 1 heterocycles. The van der Waals surface area contributed by atoms with Gasteiger partial charge in [-0.25, -0.2) is 9.59 Å². The molecule has 1 aliphatic carbocycles. The van der Waals surface area contributed by atoms with E-state index >= 15 is 0 Å². The molecule has 0 aromatic carbocycles. The van der Waals surface area contributed by atoms with Crippen LogP contribution in [0.3, 0.4) is 0 Å². The maximum absolute atomic E-state index is 12.1. The number of rotatable bonds is 3. The maximum Gasteiger partial charge on any atom is 0.326 e. The quantitative estimate of drug-likeness (QED) is 0.829. The average molecular weight is 286 g/mol. The normalized spacial score (nSPS) is 22.8. The van der Waals surface area contributed by atoms with Crippen molar-refractivity contribution >= 4 is 23.8 Å². The summed E-state index contributed by atoms with van der Waals surface area (Å²) in [6.45, 7) is 1.43. The van der Waals surface area contributed by atoms with Crippen LogP contribution >= 0.6 is 11.8 Å². The zero-order chi connectivity index (χ0) is 13.7. The van der Waals surface area contributed by atoms with E-state index in [0.717, 1.165) is 37.2 Å². The van der Waals surface area contributed by atoms with Crippen molar-refractivity contribution in [2.24, 2.45) is 5.92 Å². The number of urea groups is 1. The lowest BCUT2D eigenvalue weighted by molar-refractivity contribution is -0.141. The number of carboxylic acids is 1. The largest absolute Gasteiger partial charge is 0.480 e. The minimum absolute atomic E-state index is 0.0920. The average Bonchev–Trinajstić information content (AvgIpc) is 2.46. The summed E-state index contributed by atoms with van der Waals surface area (Å²) in [6, 6.07) is -0.930. The van der Waals surface area contributed by atoms with Crippen LogP contribution in [0, 0.1) is 5.92 Å². The second-order valence-corrected chi connectivity index (χ2v) is 6.49. The molecule has 6 heteroatoms. The maximum atomic E-state index is 12.1. The highest BCUT2D eigenvalue weighted by atomic mass is 32.2. The molecule has 0 bridgehead atoms. The summed E-state index contributed by atoms with van der Waals surface area (Å²) in [7, 11) is 0. The molecular formula is C13H22N2O3S. The number of thioether (sulfide) groups is 1. The van der Waals surface area contributed by atoms with Crippen LogP contribution in [0.25, 0.3) is 0 Å². The fourth-order valence-electron chi connectivity index (χ4n) is 2.84. The first kappa shape index (κ1) is 14.5. The van der Waals surface area contributed by atoms with Crippen molar-refractivity contribution in [1.29, 1.82) is 0 Å². The van der Waals surface area contributed by atoms with Crippen molar-refractivity contribution in [1.82, 2.24) is 10.2 Å². The highest BCUT2D eigenvalue weighted by Crippen LogP contribution is 2.26. The predicted octanol–water partition coefficient (Wildman–Crippen LogP) is 1.78. The number of carbonyl (C=O) groups is 2. The van der Waals surface area contributed by atoms with Gasteiger partial charge in [0.25, 0.3) is 0 Å². The molecule has 1 atom stereocenters. The van der Waals surface area contributed by atoms with Gasteiger partial charge in [-0.1, -0.05) is 19.3 Å². The van der Waals surface area contributed by atoms with E-state index in [4.69, 9.17) is 0 Å². The zero-order valence-corrected chi connectivity index (χ0v) is 12.0. The first-order valence-corrected chi connectivity index (χ1v) is 8.20. The van der Waals surface area contributed by atoms with Crippen molar-refractivity contribution in [3.63, 3.8) is 0 Å². The highest BCUT2D eigenvalue weighted by molar-refractivity contribution is 7.99. The molecule has 108 valence electrons. The second kappa shape index (κ2) is 7.03. The summed E-state index contributed by atoms with van der Waals surface area (Å²) < 4.78 is 0. The summed E-state index contributed by atoms with van der Waals surface area (Å²) in [5, 5.41) is 12.1. The molecule has 2 fully saturated rings. The van der Waals surface area contributed by atoms with E-state index in [1.165, 1.54) is 6.42 Å². The molecule has 0 aromatic heterocycles. The van der Waals surface area contributed by atoms with Crippen LogP contribution < -0.4 is 5.32 Å². The highest BCUT2D eigenvalue weighted by Gasteiger charge is 2.32.